The number of anilines is 1. The van der Waals surface area contributed by atoms with Crippen LogP contribution in [0.1, 0.15) is 28.1 Å². The van der Waals surface area contributed by atoms with E-state index in [0.29, 0.717) is 30.0 Å². The van der Waals surface area contributed by atoms with Crippen LogP contribution in [0.4, 0.5) is 11.4 Å². The molecule has 152 valence electrons. The van der Waals surface area contributed by atoms with Gasteiger partial charge in [0.1, 0.15) is 0 Å². The summed E-state index contributed by atoms with van der Waals surface area (Å²) in [6.45, 7) is 0.145. The summed E-state index contributed by atoms with van der Waals surface area (Å²) in [7, 11) is 0. The molecule has 0 aliphatic carbocycles. The molecule has 0 unspecified atom stereocenters. The molecule has 29 heavy (non-hydrogen) atoms. The molecular weight excluding hydrogens is 398 g/mol. The molecule has 0 saturated heterocycles. The highest BCUT2D eigenvalue weighted by Gasteiger charge is 2.25. The Bertz CT molecular complexity index is 928. The zero-order chi connectivity index (χ0) is 20.8. The second-order valence-corrected chi connectivity index (χ2v) is 7.31. The minimum absolute atomic E-state index is 0.0194. The molecule has 1 aliphatic heterocycles. The van der Waals surface area contributed by atoms with Gasteiger partial charge in [0.15, 0.2) is 6.61 Å². The summed E-state index contributed by atoms with van der Waals surface area (Å²) >= 11 is 1.30. The Kier molecular flexibility index (Phi) is 6.55. The van der Waals surface area contributed by atoms with Gasteiger partial charge in [-0.05, 0) is 35.9 Å². The molecule has 2 heterocycles. The minimum Gasteiger partial charge on any atom is -0.455 e. The molecule has 3 rings (SSSR count). The first-order valence-corrected chi connectivity index (χ1v) is 9.88. The van der Waals surface area contributed by atoms with Crippen LogP contribution in [0, 0.1) is 10.1 Å². The smallest absolute Gasteiger partial charge is 0.308 e. The third kappa shape index (κ3) is 5.17. The molecule has 0 spiro atoms. The number of hydrogen-bond acceptors (Lipinski definition) is 7. The molecule has 10 heteroatoms. The number of carbonyl (C=O) groups is 3. The molecule has 1 aromatic carbocycles. The van der Waals surface area contributed by atoms with Crippen molar-refractivity contribution in [2.24, 2.45) is 0 Å². The van der Waals surface area contributed by atoms with E-state index in [4.69, 9.17) is 4.74 Å². The van der Waals surface area contributed by atoms with E-state index in [1.165, 1.54) is 28.4 Å². The maximum Gasteiger partial charge on any atom is 0.308 e. The van der Waals surface area contributed by atoms with Crippen LogP contribution in [-0.2, 0) is 20.7 Å². The molecule has 9 nitrogen and oxygen atoms in total. The second kappa shape index (κ2) is 9.28. The number of benzene rings is 1. The zero-order valence-corrected chi connectivity index (χ0v) is 16.3. The monoisotopic (exact) mass is 417 g/mol. The summed E-state index contributed by atoms with van der Waals surface area (Å²) in [5, 5.41) is 15.3. The molecule has 0 bridgehead atoms. The average molecular weight is 417 g/mol. The van der Waals surface area contributed by atoms with Crippen molar-refractivity contribution in [1.29, 1.82) is 0 Å². The number of esters is 1. The van der Waals surface area contributed by atoms with Crippen LogP contribution >= 0.6 is 11.3 Å². The number of nitrogens with one attached hydrogen (secondary N) is 1. The molecular formula is C19H19N3O6S. The van der Waals surface area contributed by atoms with Gasteiger partial charge in [-0.3, -0.25) is 24.5 Å². The van der Waals surface area contributed by atoms with Gasteiger partial charge in [0.05, 0.1) is 16.2 Å². The highest BCUT2D eigenvalue weighted by Crippen LogP contribution is 2.30. The lowest BCUT2D eigenvalue weighted by Gasteiger charge is -2.29. The number of aryl methyl sites for hydroxylation is 1. The quantitative estimate of drug-likeness (QED) is 0.419. The number of nitro benzene ring substituents is 1. The molecule has 2 amide bonds. The van der Waals surface area contributed by atoms with Gasteiger partial charge in [0.25, 0.3) is 17.5 Å². The van der Waals surface area contributed by atoms with Crippen LogP contribution in [0.2, 0.25) is 0 Å². The number of nitrogens with zero attached hydrogens (tertiary/aromatic N) is 2. The van der Waals surface area contributed by atoms with E-state index in [-0.39, 0.29) is 24.6 Å². The van der Waals surface area contributed by atoms with Gasteiger partial charge >= 0.3 is 5.97 Å². The largest absolute Gasteiger partial charge is 0.455 e. The average Bonchev–Trinajstić information content (AvgIpc) is 3.26. The molecule has 0 atom stereocenters. The first kappa shape index (κ1) is 20.5. The zero-order valence-electron chi connectivity index (χ0n) is 15.5. The van der Waals surface area contributed by atoms with Crippen LogP contribution in [0.5, 0.6) is 0 Å². The highest BCUT2D eigenvalue weighted by molar-refractivity contribution is 7.12. The SMILES string of the molecule is O=C(CCNC(=O)c1cccs1)OCC(=O)N1CCCc2cc([N+](=O)[O-])ccc21. The van der Waals surface area contributed by atoms with Crippen molar-refractivity contribution in [1.82, 2.24) is 5.32 Å². The van der Waals surface area contributed by atoms with Gasteiger partial charge < -0.3 is 15.0 Å². The number of hydrogen-bond donors (Lipinski definition) is 1. The summed E-state index contributed by atoms with van der Waals surface area (Å²) in [6, 6.07) is 7.81. The van der Waals surface area contributed by atoms with Crippen molar-refractivity contribution < 1.29 is 24.0 Å². The molecule has 0 saturated carbocycles. The number of fused-ring (bicyclic) bond motifs is 1. The lowest BCUT2D eigenvalue weighted by molar-refractivity contribution is -0.384. The molecule has 1 N–H and O–H groups in total. The van der Waals surface area contributed by atoms with Crippen LogP contribution in [-0.4, -0.2) is 42.4 Å². The summed E-state index contributed by atoms with van der Waals surface area (Å²) in [4.78, 5) is 48.6. The van der Waals surface area contributed by atoms with E-state index < -0.39 is 23.4 Å². The first-order chi connectivity index (χ1) is 14.0. The standard InChI is InChI=1S/C19H19N3O6S/c23-17(12-28-18(24)7-8-20-19(25)16-4-2-10-29-16)21-9-1-3-13-11-14(22(26)27)5-6-15(13)21/h2,4-6,10-11H,1,3,7-9,12H2,(H,20,25). The Labute approximate surface area is 170 Å². The van der Waals surface area contributed by atoms with E-state index in [1.54, 1.807) is 23.6 Å². The molecule has 0 fully saturated rings. The van der Waals surface area contributed by atoms with Gasteiger partial charge in [-0.25, -0.2) is 0 Å². The third-order valence-electron chi connectivity index (χ3n) is 4.41. The van der Waals surface area contributed by atoms with Gasteiger partial charge in [0, 0.05) is 30.9 Å². The van der Waals surface area contributed by atoms with Gasteiger partial charge in [0.2, 0.25) is 0 Å². The summed E-state index contributed by atoms with van der Waals surface area (Å²) in [5.74, 6) is -1.25. The van der Waals surface area contributed by atoms with Gasteiger partial charge in [-0.2, -0.15) is 0 Å². The molecule has 1 aromatic heterocycles. The number of thiophene rings is 1. The number of ether oxygens (including phenoxy) is 1. The predicted octanol–water partition coefficient (Wildman–Crippen LogP) is 2.30. The second-order valence-electron chi connectivity index (χ2n) is 6.36. The van der Waals surface area contributed by atoms with E-state index in [1.807, 2.05) is 0 Å². The lowest BCUT2D eigenvalue weighted by Crippen LogP contribution is -2.38. The Hall–Kier alpha value is -3.27. The Morgan fingerprint density at radius 3 is 2.83 bits per heavy atom. The van der Waals surface area contributed by atoms with Crippen molar-refractivity contribution in [3.63, 3.8) is 0 Å². The molecule has 2 aromatic rings. The number of amides is 2. The van der Waals surface area contributed by atoms with Crippen LogP contribution in [0.3, 0.4) is 0 Å². The lowest BCUT2D eigenvalue weighted by atomic mass is 10.0. The Balaban J connectivity index is 1.48. The number of rotatable bonds is 7. The van der Waals surface area contributed by atoms with Crippen LogP contribution in [0.15, 0.2) is 35.7 Å². The van der Waals surface area contributed by atoms with E-state index in [9.17, 15) is 24.5 Å². The maximum absolute atomic E-state index is 12.5. The fourth-order valence-electron chi connectivity index (χ4n) is 3.02. The van der Waals surface area contributed by atoms with Crippen LogP contribution in [0.25, 0.3) is 0 Å². The Morgan fingerprint density at radius 1 is 1.28 bits per heavy atom. The van der Waals surface area contributed by atoms with Crippen molar-refractivity contribution in [3.8, 4) is 0 Å². The van der Waals surface area contributed by atoms with E-state index in [0.717, 1.165) is 5.56 Å². The predicted molar refractivity (Wildman–Crippen MR) is 106 cm³/mol. The fourth-order valence-corrected chi connectivity index (χ4v) is 3.66. The molecule has 0 radical (unpaired) electrons. The molecule has 1 aliphatic rings. The summed E-state index contributed by atoms with van der Waals surface area (Å²) < 4.78 is 5.02. The van der Waals surface area contributed by atoms with Crippen LogP contribution < -0.4 is 10.2 Å². The maximum atomic E-state index is 12.5. The van der Waals surface area contributed by atoms with Gasteiger partial charge in [-0.1, -0.05) is 6.07 Å². The Morgan fingerprint density at radius 2 is 2.10 bits per heavy atom. The van der Waals surface area contributed by atoms with Crippen molar-refractivity contribution in [2.45, 2.75) is 19.3 Å². The highest BCUT2D eigenvalue weighted by atomic mass is 32.1. The number of non-ortho nitro benzene ring substituents is 1. The van der Waals surface area contributed by atoms with E-state index in [2.05, 4.69) is 5.32 Å². The first-order valence-electron chi connectivity index (χ1n) is 9.00. The topological polar surface area (TPSA) is 119 Å². The van der Waals surface area contributed by atoms with E-state index >= 15 is 0 Å². The normalized spacial score (nSPS) is 12.8. The minimum atomic E-state index is -0.592. The fraction of sp³-hybridized carbons (Fsp3) is 0.316. The van der Waals surface area contributed by atoms with Crippen molar-refractivity contribution in [3.05, 3.63) is 56.3 Å². The number of carbonyl (C=O) groups excluding carboxylic acids is 3. The van der Waals surface area contributed by atoms with Gasteiger partial charge in [-0.15, -0.1) is 11.3 Å². The number of nitro groups is 1. The third-order valence-corrected chi connectivity index (χ3v) is 5.28. The van der Waals surface area contributed by atoms with Crippen molar-refractivity contribution >= 4 is 40.5 Å². The van der Waals surface area contributed by atoms with Crippen molar-refractivity contribution in [2.75, 3.05) is 24.6 Å². The summed E-state index contributed by atoms with van der Waals surface area (Å²) in [5.41, 5.74) is 1.31. The summed E-state index contributed by atoms with van der Waals surface area (Å²) in [6.07, 6.45) is 1.26.